The molecule has 0 saturated heterocycles. The Labute approximate surface area is 432 Å². The van der Waals surface area contributed by atoms with Crippen molar-refractivity contribution in [1.82, 2.24) is 0 Å². The average Bonchev–Trinajstić information content (AvgIpc) is 3.36. The zero-order valence-corrected chi connectivity index (χ0v) is 45.8. The van der Waals surface area contributed by atoms with Crippen molar-refractivity contribution >= 4 is 17.9 Å². The number of carbonyl (C=O) groups is 3. The standard InChI is InChI=1S/C64H108O6/c1-4-7-10-13-16-19-22-25-28-31-32-34-36-39-42-45-48-51-54-57-63(66)69-60-61(59-68-62(65)56-53-50-47-44-41-38-35-30-27-24-21-18-15-12-9-6-3)70-64(67)58-55-52-49-46-43-40-37-33-29-26-23-20-17-14-11-8-5-2/h7,10,16-17,19-20,25-26,28-29,32,34,39,42,48,51,61H,4-6,8-9,11-15,18,21-24,27,30-31,33,35-38,40-41,43-47,49-50,52-60H2,1-3H3/b10-7+,19-16+,20-17+,28-25+,29-26+,34-32+,42-39+,51-48+/t61-/m1/s1. The van der Waals surface area contributed by atoms with Gasteiger partial charge in [0.25, 0.3) is 0 Å². The number of hydrogen-bond acceptors (Lipinski definition) is 6. The number of esters is 3. The summed E-state index contributed by atoms with van der Waals surface area (Å²) in [6.07, 6.45) is 76.9. The summed E-state index contributed by atoms with van der Waals surface area (Å²) >= 11 is 0. The molecule has 6 nitrogen and oxygen atoms in total. The van der Waals surface area contributed by atoms with Crippen molar-refractivity contribution in [2.24, 2.45) is 0 Å². The largest absolute Gasteiger partial charge is 0.462 e. The van der Waals surface area contributed by atoms with Crippen molar-refractivity contribution in [2.75, 3.05) is 13.2 Å². The third kappa shape index (κ3) is 55.3. The van der Waals surface area contributed by atoms with Crippen LogP contribution in [0.15, 0.2) is 97.2 Å². The minimum Gasteiger partial charge on any atom is -0.462 e. The van der Waals surface area contributed by atoms with Crippen LogP contribution in [0.25, 0.3) is 0 Å². The molecule has 0 aliphatic heterocycles. The van der Waals surface area contributed by atoms with Crippen LogP contribution in [0.3, 0.4) is 0 Å². The molecule has 0 unspecified atom stereocenters. The third-order valence-corrected chi connectivity index (χ3v) is 12.3. The van der Waals surface area contributed by atoms with Gasteiger partial charge in [0.2, 0.25) is 0 Å². The second-order valence-electron chi connectivity index (χ2n) is 19.2. The first-order valence-corrected chi connectivity index (χ1v) is 29.2. The molecule has 0 radical (unpaired) electrons. The fourth-order valence-electron chi connectivity index (χ4n) is 7.97. The predicted molar refractivity (Wildman–Crippen MR) is 302 cm³/mol. The molecule has 0 aliphatic carbocycles. The normalized spacial score (nSPS) is 12.8. The van der Waals surface area contributed by atoms with Gasteiger partial charge in [0.15, 0.2) is 6.10 Å². The highest BCUT2D eigenvalue weighted by molar-refractivity contribution is 5.71. The summed E-state index contributed by atoms with van der Waals surface area (Å²) in [6.45, 7) is 6.45. The fourth-order valence-corrected chi connectivity index (χ4v) is 7.97. The Morgan fingerprint density at radius 1 is 0.300 bits per heavy atom. The summed E-state index contributed by atoms with van der Waals surface area (Å²) in [5.74, 6) is -0.992. The maximum Gasteiger partial charge on any atom is 0.306 e. The van der Waals surface area contributed by atoms with Gasteiger partial charge < -0.3 is 14.2 Å². The summed E-state index contributed by atoms with van der Waals surface area (Å²) < 4.78 is 16.8. The number of carbonyl (C=O) groups excluding carboxylic acids is 3. The van der Waals surface area contributed by atoms with E-state index in [0.717, 1.165) is 89.9 Å². The molecule has 0 N–H and O–H groups in total. The van der Waals surface area contributed by atoms with Crippen LogP contribution in [-0.4, -0.2) is 37.2 Å². The lowest BCUT2D eigenvalue weighted by Gasteiger charge is -2.18. The van der Waals surface area contributed by atoms with E-state index in [4.69, 9.17) is 14.2 Å². The fraction of sp³-hybridized carbons (Fsp3) is 0.703. The van der Waals surface area contributed by atoms with Crippen LogP contribution >= 0.6 is 0 Å². The minimum absolute atomic E-state index is 0.102. The van der Waals surface area contributed by atoms with Gasteiger partial charge in [-0.2, -0.15) is 0 Å². The van der Waals surface area contributed by atoms with Crippen LogP contribution < -0.4 is 0 Å². The second-order valence-corrected chi connectivity index (χ2v) is 19.2. The molecule has 0 aliphatic rings. The van der Waals surface area contributed by atoms with Crippen molar-refractivity contribution < 1.29 is 28.6 Å². The van der Waals surface area contributed by atoms with Gasteiger partial charge in [-0.3, -0.25) is 14.4 Å². The Kier molecular flexibility index (Phi) is 54.9. The van der Waals surface area contributed by atoms with Crippen molar-refractivity contribution in [1.29, 1.82) is 0 Å². The van der Waals surface area contributed by atoms with Crippen LogP contribution in [-0.2, 0) is 28.6 Å². The van der Waals surface area contributed by atoms with Gasteiger partial charge >= 0.3 is 17.9 Å². The molecule has 1 atom stereocenters. The zero-order valence-electron chi connectivity index (χ0n) is 45.8. The molecular formula is C64H108O6. The molecule has 0 fully saturated rings. The molecule has 0 bridgehead atoms. The van der Waals surface area contributed by atoms with Crippen molar-refractivity contribution in [3.63, 3.8) is 0 Å². The van der Waals surface area contributed by atoms with Crippen LogP contribution in [0.2, 0.25) is 0 Å². The maximum absolute atomic E-state index is 12.9. The summed E-state index contributed by atoms with van der Waals surface area (Å²) in [5.41, 5.74) is 0. The Hall–Kier alpha value is -3.67. The Morgan fingerprint density at radius 3 is 0.986 bits per heavy atom. The van der Waals surface area contributed by atoms with E-state index in [9.17, 15) is 14.4 Å². The topological polar surface area (TPSA) is 78.9 Å². The van der Waals surface area contributed by atoms with E-state index < -0.39 is 6.10 Å². The van der Waals surface area contributed by atoms with E-state index in [1.165, 1.54) is 135 Å². The summed E-state index contributed by atoms with van der Waals surface area (Å²) in [7, 11) is 0. The lowest BCUT2D eigenvalue weighted by Crippen LogP contribution is -2.30. The molecule has 70 heavy (non-hydrogen) atoms. The van der Waals surface area contributed by atoms with Crippen molar-refractivity contribution in [2.45, 2.75) is 277 Å². The van der Waals surface area contributed by atoms with Crippen LogP contribution in [0.5, 0.6) is 0 Å². The molecule has 0 spiro atoms. The van der Waals surface area contributed by atoms with Crippen LogP contribution in [0.4, 0.5) is 0 Å². The molecule has 6 heteroatoms. The first-order chi connectivity index (χ1) is 34.5. The lowest BCUT2D eigenvalue weighted by molar-refractivity contribution is -0.166. The summed E-state index contributed by atoms with van der Waals surface area (Å²) in [6, 6.07) is 0. The van der Waals surface area contributed by atoms with E-state index in [1.54, 1.807) is 0 Å². The second kappa shape index (κ2) is 57.9. The smallest absolute Gasteiger partial charge is 0.306 e. The van der Waals surface area contributed by atoms with Gasteiger partial charge in [0.1, 0.15) is 13.2 Å². The van der Waals surface area contributed by atoms with Gasteiger partial charge in [-0.15, -0.1) is 0 Å². The highest BCUT2D eigenvalue weighted by atomic mass is 16.6. The van der Waals surface area contributed by atoms with E-state index in [-0.39, 0.29) is 37.5 Å². The number of rotatable bonds is 52. The maximum atomic E-state index is 12.9. The SMILES string of the molecule is CC/C=C/C/C=C/C/C=C/C/C=C/C/C=C/C/C=C/CCC(=O)OC[C@@H](COC(=O)CCCCCCCCCCCCCCCCCC)OC(=O)CCCCCCCCC/C=C/C/C=C/CCCCC. The first kappa shape index (κ1) is 66.3. The lowest BCUT2D eigenvalue weighted by atomic mass is 10.0. The number of allylic oxidation sites excluding steroid dienone is 16. The molecule has 0 rings (SSSR count). The van der Waals surface area contributed by atoms with Gasteiger partial charge in [-0.1, -0.05) is 259 Å². The average molecular weight is 974 g/mol. The molecule has 0 aromatic heterocycles. The molecule has 0 aromatic rings. The van der Waals surface area contributed by atoms with E-state index in [0.29, 0.717) is 19.3 Å². The van der Waals surface area contributed by atoms with E-state index in [1.807, 2.05) is 6.08 Å². The molecule has 0 amide bonds. The van der Waals surface area contributed by atoms with E-state index in [2.05, 4.69) is 112 Å². The predicted octanol–water partition coefficient (Wildman–Crippen LogP) is 19.7. The van der Waals surface area contributed by atoms with Gasteiger partial charge in [-0.25, -0.2) is 0 Å². The highest BCUT2D eigenvalue weighted by Crippen LogP contribution is 2.16. The van der Waals surface area contributed by atoms with Gasteiger partial charge in [0, 0.05) is 19.3 Å². The van der Waals surface area contributed by atoms with Crippen LogP contribution in [0, 0.1) is 0 Å². The zero-order chi connectivity index (χ0) is 50.7. The minimum atomic E-state index is -0.812. The molecular weight excluding hydrogens is 865 g/mol. The summed E-state index contributed by atoms with van der Waals surface area (Å²) in [5, 5.41) is 0. The Bertz CT molecular complexity index is 1400. The first-order valence-electron chi connectivity index (χ1n) is 29.2. The number of ether oxygens (including phenoxy) is 3. The third-order valence-electron chi connectivity index (χ3n) is 12.3. The van der Waals surface area contributed by atoms with Crippen LogP contribution in [0.1, 0.15) is 271 Å². The molecule has 0 saturated carbocycles. The highest BCUT2D eigenvalue weighted by Gasteiger charge is 2.19. The van der Waals surface area contributed by atoms with Crippen molar-refractivity contribution in [3.05, 3.63) is 97.2 Å². The Morgan fingerprint density at radius 2 is 0.586 bits per heavy atom. The quantitative estimate of drug-likeness (QED) is 0.0262. The number of unbranched alkanes of at least 4 members (excludes halogenated alkanes) is 25. The number of hydrogen-bond donors (Lipinski definition) is 0. The summed E-state index contributed by atoms with van der Waals surface area (Å²) in [4.78, 5) is 38.2. The van der Waals surface area contributed by atoms with Gasteiger partial charge in [-0.05, 0) is 89.9 Å². The van der Waals surface area contributed by atoms with E-state index >= 15 is 0 Å². The Balaban J connectivity index is 4.50. The van der Waals surface area contributed by atoms with Gasteiger partial charge in [0.05, 0.1) is 0 Å². The monoisotopic (exact) mass is 973 g/mol. The van der Waals surface area contributed by atoms with Crippen molar-refractivity contribution in [3.8, 4) is 0 Å². The molecule has 0 aromatic carbocycles. The molecule has 400 valence electrons. The molecule has 0 heterocycles.